The minimum Gasteiger partial charge on any atom is -0.356 e. The Morgan fingerprint density at radius 2 is 1.73 bits per heavy atom. The Balaban J connectivity index is 1.80. The molecule has 3 aromatic rings. The molecule has 0 aliphatic carbocycles. The molecule has 26 heavy (non-hydrogen) atoms. The lowest BCUT2D eigenvalue weighted by Crippen LogP contribution is -2.26. The molecular weight excluding hydrogens is 326 g/mol. The molecule has 134 valence electrons. The van der Waals surface area contributed by atoms with Crippen molar-refractivity contribution in [3.8, 4) is 22.6 Å². The van der Waals surface area contributed by atoms with Crippen molar-refractivity contribution in [1.82, 2.24) is 20.1 Å². The number of nitrogens with zero attached hydrogens (tertiary/aromatic N) is 5. The maximum atomic E-state index is 5.48. The second-order valence-corrected chi connectivity index (χ2v) is 6.85. The third-order valence-electron chi connectivity index (χ3n) is 4.74. The van der Waals surface area contributed by atoms with E-state index in [1.807, 2.05) is 44.4 Å². The minimum atomic E-state index is 0.681. The molecule has 0 spiro atoms. The normalized spacial score (nSPS) is 15.1. The van der Waals surface area contributed by atoms with Crippen molar-refractivity contribution in [2.24, 2.45) is 0 Å². The lowest BCUT2D eigenvalue weighted by atomic mass is 10.1. The SMILES string of the molecule is Cc1ccc(-c2nc(N3CCCCCC3)ncc2-c2cc(C)no2)cn1. The molecule has 1 aliphatic heterocycles. The van der Waals surface area contributed by atoms with Gasteiger partial charge in [0.25, 0.3) is 0 Å². The van der Waals surface area contributed by atoms with Gasteiger partial charge in [-0.05, 0) is 38.8 Å². The van der Waals surface area contributed by atoms with Gasteiger partial charge in [0.05, 0.1) is 17.0 Å². The summed E-state index contributed by atoms with van der Waals surface area (Å²) in [5, 5.41) is 4.01. The zero-order valence-electron chi connectivity index (χ0n) is 15.3. The largest absolute Gasteiger partial charge is 0.356 e. The molecule has 1 aliphatic rings. The Labute approximate surface area is 153 Å². The monoisotopic (exact) mass is 349 g/mol. The lowest BCUT2D eigenvalue weighted by Gasteiger charge is -2.21. The molecule has 0 saturated carbocycles. The van der Waals surface area contributed by atoms with E-state index < -0.39 is 0 Å². The summed E-state index contributed by atoms with van der Waals surface area (Å²) in [4.78, 5) is 16.3. The van der Waals surface area contributed by atoms with Gasteiger partial charge in [-0.1, -0.05) is 18.0 Å². The maximum Gasteiger partial charge on any atom is 0.225 e. The van der Waals surface area contributed by atoms with Crippen molar-refractivity contribution in [1.29, 1.82) is 0 Å². The highest BCUT2D eigenvalue weighted by atomic mass is 16.5. The Morgan fingerprint density at radius 1 is 0.923 bits per heavy atom. The summed E-state index contributed by atoms with van der Waals surface area (Å²) in [7, 11) is 0. The Hall–Kier alpha value is -2.76. The second kappa shape index (κ2) is 7.23. The van der Waals surface area contributed by atoms with Crippen LogP contribution in [0.15, 0.2) is 35.1 Å². The van der Waals surface area contributed by atoms with Crippen LogP contribution in [-0.4, -0.2) is 33.2 Å². The van der Waals surface area contributed by atoms with Crippen LogP contribution in [0.3, 0.4) is 0 Å². The van der Waals surface area contributed by atoms with Crippen molar-refractivity contribution in [2.45, 2.75) is 39.5 Å². The molecule has 0 atom stereocenters. The number of pyridine rings is 1. The third-order valence-corrected chi connectivity index (χ3v) is 4.74. The first kappa shape index (κ1) is 16.7. The molecule has 0 radical (unpaired) electrons. The summed E-state index contributed by atoms with van der Waals surface area (Å²) in [6.45, 7) is 5.90. The summed E-state index contributed by atoms with van der Waals surface area (Å²) in [6.07, 6.45) is 8.64. The van der Waals surface area contributed by atoms with Crippen molar-refractivity contribution in [2.75, 3.05) is 18.0 Å². The predicted octanol–water partition coefficient (Wildman–Crippen LogP) is 4.19. The van der Waals surface area contributed by atoms with Crippen LogP contribution in [0.1, 0.15) is 37.1 Å². The van der Waals surface area contributed by atoms with Crippen LogP contribution in [0, 0.1) is 13.8 Å². The van der Waals surface area contributed by atoms with Crippen molar-refractivity contribution in [3.05, 3.63) is 42.0 Å². The fourth-order valence-electron chi connectivity index (χ4n) is 3.29. The summed E-state index contributed by atoms with van der Waals surface area (Å²) < 4.78 is 5.48. The molecule has 0 aromatic carbocycles. The van der Waals surface area contributed by atoms with E-state index in [-0.39, 0.29) is 0 Å². The topological polar surface area (TPSA) is 67.9 Å². The molecule has 4 heterocycles. The van der Waals surface area contributed by atoms with E-state index in [0.29, 0.717) is 5.76 Å². The van der Waals surface area contributed by atoms with E-state index in [2.05, 4.69) is 20.0 Å². The zero-order valence-corrected chi connectivity index (χ0v) is 15.3. The predicted molar refractivity (Wildman–Crippen MR) is 101 cm³/mol. The number of aromatic nitrogens is 4. The van der Waals surface area contributed by atoms with Crippen LogP contribution < -0.4 is 4.90 Å². The molecule has 6 nitrogen and oxygen atoms in total. The molecule has 6 heteroatoms. The van der Waals surface area contributed by atoms with E-state index in [1.54, 1.807) is 0 Å². The van der Waals surface area contributed by atoms with Gasteiger partial charge in [0, 0.05) is 42.8 Å². The number of anilines is 1. The van der Waals surface area contributed by atoms with E-state index in [4.69, 9.17) is 9.51 Å². The average molecular weight is 349 g/mol. The van der Waals surface area contributed by atoms with Gasteiger partial charge in [0.1, 0.15) is 0 Å². The average Bonchev–Trinajstić information content (AvgIpc) is 2.92. The zero-order chi connectivity index (χ0) is 17.9. The molecule has 1 fully saturated rings. The first-order chi connectivity index (χ1) is 12.7. The van der Waals surface area contributed by atoms with Gasteiger partial charge in [-0.15, -0.1) is 0 Å². The second-order valence-electron chi connectivity index (χ2n) is 6.85. The van der Waals surface area contributed by atoms with Crippen molar-refractivity contribution >= 4 is 5.95 Å². The van der Waals surface area contributed by atoms with Crippen molar-refractivity contribution < 1.29 is 4.52 Å². The van der Waals surface area contributed by atoms with Gasteiger partial charge in [-0.2, -0.15) is 0 Å². The maximum absolute atomic E-state index is 5.48. The Bertz CT molecular complexity index is 879. The summed E-state index contributed by atoms with van der Waals surface area (Å²) >= 11 is 0. The molecule has 4 rings (SSSR count). The number of hydrogen-bond donors (Lipinski definition) is 0. The fraction of sp³-hybridized carbons (Fsp3) is 0.400. The van der Waals surface area contributed by atoms with Gasteiger partial charge < -0.3 is 9.42 Å². The van der Waals surface area contributed by atoms with Crippen LogP contribution in [-0.2, 0) is 0 Å². The quantitative estimate of drug-likeness (QED) is 0.706. The Morgan fingerprint density at radius 3 is 2.38 bits per heavy atom. The molecule has 0 unspecified atom stereocenters. The summed E-state index contributed by atoms with van der Waals surface area (Å²) in [5.41, 5.74) is 4.45. The highest BCUT2D eigenvalue weighted by Crippen LogP contribution is 2.32. The third kappa shape index (κ3) is 3.45. The minimum absolute atomic E-state index is 0.681. The van der Waals surface area contributed by atoms with Gasteiger partial charge in [0.2, 0.25) is 5.95 Å². The lowest BCUT2D eigenvalue weighted by molar-refractivity contribution is 0.427. The highest BCUT2D eigenvalue weighted by Gasteiger charge is 2.19. The molecule has 0 N–H and O–H groups in total. The van der Waals surface area contributed by atoms with E-state index >= 15 is 0 Å². The number of aryl methyl sites for hydroxylation is 2. The van der Waals surface area contributed by atoms with Crippen LogP contribution in [0.25, 0.3) is 22.6 Å². The fourth-order valence-corrected chi connectivity index (χ4v) is 3.29. The standard InChI is InChI=1S/C20H23N5O/c1-14-7-8-16(12-21-14)19-17(18-11-15(2)24-26-18)13-22-20(23-19)25-9-5-3-4-6-10-25/h7-8,11-13H,3-6,9-10H2,1-2H3. The Kier molecular flexibility index (Phi) is 4.65. The summed E-state index contributed by atoms with van der Waals surface area (Å²) in [6, 6.07) is 5.96. The van der Waals surface area contributed by atoms with Crippen LogP contribution >= 0.6 is 0 Å². The van der Waals surface area contributed by atoms with Crippen LogP contribution in [0.4, 0.5) is 5.95 Å². The van der Waals surface area contributed by atoms with Gasteiger partial charge in [-0.25, -0.2) is 9.97 Å². The van der Waals surface area contributed by atoms with E-state index in [1.165, 1.54) is 25.7 Å². The van der Waals surface area contributed by atoms with Crippen LogP contribution in [0.5, 0.6) is 0 Å². The first-order valence-corrected chi connectivity index (χ1v) is 9.19. The molecule has 0 bridgehead atoms. The van der Waals surface area contributed by atoms with Gasteiger partial charge in [0.15, 0.2) is 5.76 Å². The van der Waals surface area contributed by atoms with Crippen LogP contribution in [0.2, 0.25) is 0 Å². The molecule has 3 aromatic heterocycles. The number of rotatable bonds is 3. The molecule has 1 saturated heterocycles. The van der Waals surface area contributed by atoms with Crippen molar-refractivity contribution in [3.63, 3.8) is 0 Å². The van der Waals surface area contributed by atoms with Gasteiger partial charge >= 0.3 is 0 Å². The molecule has 0 amide bonds. The highest BCUT2D eigenvalue weighted by molar-refractivity contribution is 5.78. The number of hydrogen-bond acceptors (Lipinski definition) is 6. The van der Waals surface area contributed by atoms with Gasteiger partial charge in [-0.3, -0.25) is 4.98 Å². The van der Waals surface area contributed by atoms with E-state index in [0.717, 1.165) is 47.2 Å². The summed E-state index contributed by atoms with van der Waals surface area (Å²) in [5.74, 6) is 1.46. The molecular formula is C20H23N5O. The van der Waals surface area contributed by atoms with E-state index in [9.17, 15) is 0 Å². The first-order valence-electron chi connectivity index (χ1n) is 9.19. The smallest absolute Gasteiger partial charge is 0.225 e.